The maximum atomic E-state index is 12.5. The molecule has 2 saturated heterocycles. The molecule has 3 rings (SSSR count). The molecule has 0 saturated carbocycles. The minimum absolute atomic E-state index is 0.0727. The lowest BCUT2D eigenvalue weighted by atomic mass is 9.96. The highest BCUT2D eigenvalue weighted by Crippen LogP contribution is 2.42. The van der Waals surface area contributed by atoms with E-state index in [-0.39, 0.29) is 28.7 Å². The van der Waals surface area contributed by atoms with Gasteiger partial charge in [0.2, 0.25) is 0 Å². The van der Waals surface area contributed by atoms with Crippen LogP contribution >= 0.6 is 11.8 Å². The molecule has 136 valence electrons. The van der Waals surface area contributed by atoms with Crippen molar-refractivity contribution in [2.24, 2.45) is 10.4 Å². The number of sulfone groups is 1. The van der Waals surface area contributed by atoms with E-state index in [1.165, 1.54) is 11.8 Å². The van der Waals surface area contributed by atoms with Gasteiger partial charge in [-0.25, -0.2) is 8.42 Å². The minimum atomic E-state index is -3.05. The Morgan fingerprint density at radius 1 is 1.24 bits per heavy atom. The van der Waals surface area contributed by atoms with Crippen LogP contribution in [0.3, 0.4) is 0 Å². The second-order valence-electron chi connectivity index (χ2n) is 7.91. The minimum Gasteiger partial charge on any atom is -0.315 e. The number of aryl methyl sites for hydroxylation is 2. The highest BCUT2D eigenvalue weighted by molar-refractivity contribution is 8.16. The molecule has 2 atom stereocenters. The molecule has 0 radical (unpaired) electrons. The maximum absolute atomic E-state index is 12.5. The first kappa shape index (κ1) is 18.5. The molecule has 2 aliphatic heterocycles. The molecule has 2 heterocycles. The Morgan fingerprint density at radius 2 is 1.92 bits per heavy atom. The maximum Gasteiger partial charge on any atom is 0.253 e. The van der Waals surface area contributed by atoms with Gasteiger partial charge in [-0.15, -0.1) is 0 Å². The van der Waals surface area contributed by atoms with Gasteiger partial charge in [0, 0.05) is 16.4 Å². The zero-order valence-corrected chi connectivity index (χ0v) is 16.9. The van der Waals surface area contributed by atoms with Gasteiger partial charge < -0.3 is 4.90 Å². The fourth-order valence-electron chi connectivity index (χ4n) is 3.08. The molecule has 0 bridgehead atoms. The highest BCUT2D eigenvalue weighted by atomic mass is 32.2. The monoisotopic (exact) mass is 380 g/mol. The van der Waals surface area contributed by atoms with Crippen molar-refractivity contribution >= 4 is 38.4 Å². The number of benzene rings is 1. The predicted molar refractivity (Wildman–Crippen MR) is 104 cm³/mol. The number of carbonyl (C=O) groups excluding carboxylic acids is 1. The summed E-state index contributed by atoms with van der Waals surface area (Å²) in [5.41, 5.74) is 2.52. The van der Waals surface area contributed by atoms with Crippen molar-refractivity contribution in [2.75, 3.05) is 16.4 Å². The van der Waals surface area contributed by atoms with Crippen LogP contribution in [0.2, 0.25) is 0 Å². The normalized spacial score (nSPS) is 26.9. The van der Waals surface area contributed by atoms with Crippen LogP contribution in [0, 0.1) is 19.3 Å². The molecule has 1 amide bonds. The van der Waals surface area contributed by atoms with E-state index >= 15 is 0 Å². The Hall–Kier alpha value is -1.34. The number of hydrogen-bond donors (Lipinski definition) is 0. The molecule has 25 heavy (non-hydrogen) atoms. The first-order valence-corrected chi connectivity index (χ1v) is 11.0. The molecule has 1 aromatic rings. The zero-order valence-electron chi connectivity index (χ0n) is 15.2. The van der Waals surface area contributed by atoms with Crippen LogP contribution in [0.5, 0.6) is 0 Å². The molecule has 0 unspecified atom stereocenters. The SMILES string of the molecule is Cc1ccc(C)c(N2C(=NC(=O)C(C)(C)C)S[C@@H]3CS(=O)(=O)C[C@H]32)c1. The largest absolute Gasteiger partial charge is 0.315 e. The molecule has 2 fully saturated rings. The number of aliphatic imine (C=N–C) groups is 1. The third-order valence-electron chi connectivity index (χ3n) is 4.53. The number of thioether (sulfide) groups is 1. The van der Waals surface area contributed by atoms with Gasteiger partial charge in [0.05, 0.1) is 17.5 Å². The highest BCUT2D eigenvalue weighted by Gasteiger charge is 2.49. The van der Waals surface area contributed by atoms with E-state index in [9.17, 15) is 13.2 Å². The summed E-state index contributed by atoms with van der Waals surface area (Å²) in [6.07, 6.45) is 0. The van der Waals surface area contributed by atoms with Crippen LogP contribution in [0.15, 0.2) is 23.2 Å². The van der Waals surface area contributed by atoms with Gasteiger partial charge in [0.1, 0.15) is 0 Å². The van der Waals surface area contributed by atoms with Gasteiger partial charge in [-0.1, -0.05) is 44.7 Å². The first-order valence-electron chi connectivity index (χ1n) is 8.35. The fourth-order valence-corrected chi connectivity index (χ4v) is 6.98. The quantitative estimate of drug-likeness (QED) is 0.749. The number of rotatable bonds is 1. The van der Waals surface area contributed by atoms with Crippen molar-refractivity contribution in [1.29, 1.82) is 0 Å². The van der Waals surface area contributed by atoms with E-state index in [1.54, 1.807) is 0 Å². The second-order valence-corrected chi connectivity index (χ2v) is 11.3. The summed E-state index contributed by atoms with van der Waals surface area (Å²) in [4.78, 5) is 18.8. The molecular formula is C18H24N2O3S2. The van der Waals surface area contributed by atoms with Crippen molar-refractivity contribution in [1.82, 2.24) is 0 Å². The molecule has 0 aromatic heterocycles. The van der Waals surface area contributed by atoms with Gasteiger partial charge in [0.15, 0.2) is 15.0 Å². The number of amidine groups is 1. The molecule has 2 aliphatic rings. The summed E-state index contributed by atoms with van der Waals surface area (Å²) < 4.78 is 24.2. The summed E-state index contributed by atoms with van der Waals surface area (Å²) in [6.45, 7) is 9.53. The van der Waals surface area contributed by atoms with Crippen molar-refractivity contribution in [3.63, 3.8) is 0 Å². The van der Waals surface area contributed by atoms with Crippen LogP contribution in [0.1, 0.15) is 31.9 Å². The van der Waals surface area contributed by atoms with Crippen molar-refractivity contribution in [2.45, 2.75) is 45.9 Å². The zero-order chi connectivity index (χ0) is 18.6. The Labute approximate surface area is 153 Å². The number of anilines is 1. The van der Waals surface area contributed by atoms with Gasteiger partial charge in [-0.2, -0.15) is 4.99 Å². The number of hydrogen-bond acceptors (Lipinski definition) is 4. The van der Waals surface area contributed by atoms with E-state index < -0.39 is 15.3 Å². The van der Waals surface area contributed by atoms with Gasteiger partial charge in [-0.3, -0.25) is 4.79 Å². The smallest absolute Gasteiger partial charge is 0.253 e. The second kappa shape index (κ2) is 6.13. The van der Waals surface area contributed by atoms with Crippen LogP contribution in [-0.4, -0.2) is 42.3 Å². The van der Waals surface area contributed by atoms with E-state index in [0.717, 1.165) is 16.8 Å². The lowest BCUT2D eigenvalue weighted by molar-refractivity contribution is -0.124. The average molecular weight is 381 g/mol. The lowest BCUT2D eigenvalue weighted by Gasteiger charge is -2.27. The average Bonchev–Trinajstić information content (AvgIpc) is 2.92. The lowest BCUT2D eigenvalue weighted by Crippen LogP contribution is -2.38. The van der Waals surface area contributed by atoms with E-state index in [0.29, 0.717) is 5.17 Å². The summed E-state index contributed by atoms with van der Waals surface area (Å²) in [7, 11) is -3.05. The third kappa shape index (κ3) is 3.62. The Kier molecular flexibility index (Phi) is 4.52. The number of nitrogens with zero attached hydrogens (tertiary/aromatic N) is 2. The van der Waals surface area contributed by atoms with Gasteiger partial charge >= 0.3 is 0 Å². The first-order chi connectivity index (χ1) is 11.5. The number of amides is 1. The Bertz CT molecular complexity index is 854. The van der Waals surface area contributed by atoms with Crippen LogP contribution in [0.4, 0.5) is 5.69 Å². The topological polar surface area (TPSA) is 66.8 Å². The number of carbonyl (C=O) groups is 1. The predicted octanol–water partition coefficient (Wildman–Crippen LogP) is 2.95. The molecule has 0 spiro atoms. The Morgan fingerprint density at radius 3 is 2.56 bits per heavy atom. The summed E-state index contributed by atoms with van der Waals surface area (Å²) in [5, 5.41) is 0.551. The van der Waals surface area contributed by atoms with Crippen LogP contribution < -0.4 is 4.90 Å². The standard InChI is InChI=1S/C18H24N2O3S2/c1-11-6-7-12(2)13(8-11)20-14-9-25(22,23)10-15(14)24-17(20)19-16(21)18(3,4)5/h6-8,14-15H,9-10H2,1-5H3/t14-,15-/m1/s1. The van der Waals surface area contributed by atoms with Gasteiger partial charge in [-0.05, 0) is 31.0 Å². The van der Waals surface area contributed by atoms with Crippen molar-refractivity contribution in [3.8, 4) is 0 Å². The molecule has 7 heteroatoms. The molecular weight excluding hydrogens is 356 g/mol. The Balaban J connectivity index is 2.09. The van der Waals surface area contributed by atoms with Crippen molar-refractivity contribution in [3.05, 3.63) is 29.3 Å². The fraction of sp³-hybridized carbons (Fsp3) is 0.556. The summed E-state index contributed by atoms with van der Waals surface area (Å²) >= 11 is 1.42. The number of fused-ring (bicyclic) bond motifs is 1. The summed E-state index contributed by atoms with van der Waals surface area (Å²) in [6, 6.07) is 5.93. The van der Waals surface area contributed by atoms with E-state index in [2.05, 4.69) is 4.99 Å². The molecule has 1 aromatic carbocycles. The van der Waals surface area contributed by atoms with Crippen LogP contribution in [0.25, 0.3) is 0 Å². The van der Waals surface area contributed by atoms with E-state index in [4.69, 9.17) is 0 Å². The summed E-state index contributed by atoms with van der Waals surface area (Å²) in [5.74, 6) is 0.0702. The third-order valence-corrected chi connectivity index (χ3v) is 7.74. The van der Waals surface area contributed by atoms with Crippen molar-refractivity contribution < 1.29 is 13.2 Å². The van der Waals surface area contributed by atoms with Gasteiger partial charge in [0.25, 0.3) is 5.91 Å². The molecule has 5 nitrogen and oxygen atoms in total. The van der Waals surface area contributed by atoms with E-state index in [1.807, 2.05) is 57.7 Å². The molecule has 0 aliphatic carbocycles. The van der Waals surface area contributed by atoms with Crippen LogP contribution in [-0.2, 0) is 14.6 Å². The molecule has 0 N–H and O–H groups in total.